The van der Waals surface area contributed by atoms with E-state index in [0.717, 1.165) is 24.2 Å². The van der Waals surface area contributed by atoms with Crippen LogP contribution in [0.15, 0.2) is 42.6 Å². The SMILES string of the molecule is CC1(c2ccccc2)CCc2cc(C(=O)O)cnc2N1. The Hall–Kier alpha value is -2.36. The van der Waals surface area contributed by atoms with Gasteiger partial charge in [0.25, 0.3) is 0 Å². The summed E-state index contributed by atoms with van der Waals surface area (Å²) in [6.45, 7) is 2.15. The van der Waals surface area contributed by atoms with Crippen molar-refractivity contribution < 1.29 is 9.90 Å². The number of nitrogens with zero attached hydrogens (tertiary/aromatic N) is 1. The standard InChI is InChI=1S/C16H16N2O2/c1-16(13-5-3-2-4-6-13)8-7-11-9-12(15(19)20)10-17-14(11)18-16/h2-6,9-10H,7-8H2,1H3,(H,17,18)(H,19,20). The summed E-state index contributed by atoms with van der Waals surface area (Å²) in [5.41, 5.74) is 2.27. The number of aromatic nitrogens is 1. The minimum absolute atomic E-state index is 0.161. The Bertz CT molecular complexity index is 655. The summed E-state index contributed by atoms with van der Waals surface area (Å²) in [6.07, 6.45) is 3.14. The molecule has 2 heterocycles. The van der Waals surface area contributed by atoms with Crippen molar-refractivity contribution in [2.24, 2.45) is 0 Å². The van der Waals surface area contributed by atoms with Gasteiger partial charge in [0, 0.05) is 6.20 Å². The summed E-state index contributed by atoms with van der Waals surface area (Å²) in [4.78, 5) is 15.2. The molecule has 3 rings (SSSR count). The lowest BCUT2D eigenvalue weighted by Crippen LogP contribution is -2.36. The molecule has 20 heavy (non-hydrogen) atoms. The summed E-state index contributed by atoms with van der Waals surface area (Å²) in [7, 11) is 0. The van der Waals surface area contributed by atoms with E-state index in [9.17, 15) is 4.79 Å². The number of fused-ring (bicyclic) bond motifs is 1. The first-order valence-corrected chi connectivity index (χ1v) is 6.64. The third kappa shape index (κ3) is 2.13. The molecule has 0 bridgehead atoms. The van der Waals surface area contributed by atoms with E-state index in [0.29, 0.717) is 0 Å². The molecule has 0 saturated carbocycles. The predicted octanol–water partition coefficient (Wildman–Crippen LogP) is 3.05. The van der Waals surface area contributed by atoms with Crippen LogP contribution >= 0.6 is 0 Å². The number of carbonyl (C=O) groups is 1. The Morgan fingerprint density at radius 2 is 2.10 bits per heavy atom. The highest BCUT2D eigenvalue weighted by molar-refractivity contribution is 5.87. The zero-order valence-electron chi connectivity index (χ0n) is 11.3. The van der Waals surface area contributed by atoms with Crippen molar-refractivity contribution in [3.63, 3.8) is 0 Å². The van der Waals surface area contributed by atoms with Gasteiger partial charge in [-0.15, -0.1) is 0 Å². The molecule has 2 N–H and O–H groups in total. The molecule has 0 radical (unpaired) electrons. The molecule has 1 aromatic carbocycles. The Balaban J connectivity index is 1.95. The third-order valence-corrected chi connectivity index (χ3v) is 3.91. The molecule has 2 aromatic rings. The molecule has 4 nitrogen and oxygen atoms in total. The number of carboxylic acid groups (broad SMARTS) is 1. The lowest BCUT2D eigenvalue weighted by molar-refractivity contribution is 0.0696. The van der Waals surface area contributed by atoms with Crippen LogP contribution in [0.25, 0.3) is 0 Å². The predicted molar refractivity (Wildman–Crippen MR) is 76.9 cm³/mol. The third-order valence-electron chi connectivity index (χ3n) is 3.91. The molecule has 102 valence electrons. The van der Waals surface area contributed by atoms with Crippen molar-refractivity contribution in [1.29, 1.82) is 0 Å². The topological polar surface area (TPSA) is 62.2 Å². The first-order valence-electron chi connectivity index (χ1n) is 6.64. The zero-order chi connectivity index (χ0) is 14.2. The molecule has 0 aliphatic carbocycles. The van der Waals surface area contributed by atoms with Crippen LogP contribution in [0.5, 0.6) is 0 Å². The highest BCUT2D eigenvalue weighted by atomic mass is 16.4. The van der Waals surface area contributed by atoms with Gasteiger partial charge in [0.2, 0.25) is 0 Å². The second kappa shape index (κ2) is 4.63. The molecule has 4 heteroatoms. The molecule has 1 aliphatic heterocycles. The zero-order valence-corrected chi connectivity index (χ0v) is 11.3. The molecule has 1 aliphatic rings. The minimum Gasteiger partial charge on any atom is -0.478 e. The van der Waals surface area contributed by atoms with Gasteiger partial charge in [0.15, 0.2) is 0 Å². The number of hydrogen-bond donors (Lipinski definition) is 2. The Labute approximate surface area is 117 Å². The second-order valence-corrected chi connectivity index (χ2v) is 5.36. The Morgan fingerprint density at radius 1 is 1.35 bits per heavy atom. The van der Waals surface area contributed by atoms with Gasteiger partial charge in [-0.1, -0.05) is 30.3 Å². The van der Waals surface area contributed by atoms with E-state index in [4.69, 9.17) is 5.11 Å². The fourth-order valence-corrected chi connectivity index (χ4v) is 2.66. The largest absolute Gasteiger partial charge is 0.478 e. The number of rotatable bonds is 2. The average Bonchev–Trinajstić information content (AvgIpc) is 2.47. The van der Waals surface area contributed by atoms with Crippen LogP contribution in [0, 0.1) is 0 Å². The summed E-state index contributed by atoms with van der Waals surface area (Å²) < 4.78 is 0. The quantitative estimate of drug-likeness (QED) is 0.878. The fraction of sp³-hybridized carbons (Fsp3) is 0.250. The highest BCUT2D eigenvalue weighted by Crippen LogP contribution is 2.36. The summed E-state index contributed by atoms with van der Waals surface area (Å²) in [6, 6.07) is 12.0. The Kier molecular flexibility index (Phi) is 2.93. The fourth-order valence-electron chi connectivity index (χ4n) is 2.66. The van der Waals surface area contributed by atoms with Gasteiger partial charge in [-0.2, -0.15) is 0 Å². The second-order valence-electron chi connectivity index (χ2n) is 5.36. The number of aryl methyl sites for hydroxylation is 1. The number of benzene rings is 1. The molecule has 0 saturated heterocycles. The van der Waals surface area contributed by atoms with Gasteiger partial charge in [0.1, 0.15) is 5.82 Å². The van der Waals surface area contributed by atoms with E-state index in [1.54, 1.807) is 6.07 Å². The summed E-state index contributed by atoms with van der Waals surface area (Å²) in [5.74, 6) is -0.149. The number of carboxylic acids is 1. The van der Waals surface area contributed by atoms with Crippen LogP contribution in [-0.2, 0) is 12.0 Å². The van der Waals surface area contributed by atoms with Crippen molar-refractivity contribution in [2.45, 2.75) is 25.3 Å². The number of hydrogen-bond acceptors (Lipinski definition) is 3. The molecule has 1 unspecified atom stereocenters. The van der Waals surface area contributed by atoms with E-state index < -0.39 is 5.97 Å². The highest BCUT2D eigenvalue weighted by Gasteiger charge is 2.31. The van der Waals surface area contributed by atoms with E-state index in [-0.39, 0.29) is 11.1 Å². The van der Waals surface area contributed by atoms with Crippen molar-refractivity contribution in [3.05, 3.63) is 59.3 Å². The van der Waals surface area contributed by atoms with Crippen LogP contribution in [0.3, 0.4) is 0 Å². The molecule has 1 aromatic heterocycles. The first kappa shape index (κ1) is 12.7. The Morgan fingerprint density at radius 3 is 2.80 bits per heavy atom. The van der Waals surface area contributed by atoms with Gasteiger partial charge in [-0.25, -0.2) is 9.78 Å². The summed E-state index contributed by atoms with van der Waals surface area (Å²) in [5, 5.41) is 12.5. The first-order chi connectivity index (χ1) is 9.58. The monoisotopic (exact) mass is 268 g/mol. The molecule has 1 atom stereocenters. The van der Waals surface area contributed by atoms with Crippen LogP contribution in [-0.4, -0.2) is 16.1 Å². The number of aromatic carboxylic acids is 1. The molecular weight excluding hydrogens is 252 g/mol. The van der Waals surface area contributed by atoms with Crippen LogP contribution in [0.2, 0.25) is 0 Å². The molecular formula is C16H16N2O2. The number of pyridine rings is 1. The van der Waals surface area contributed by atoms with Crippen molar-refractivity contribution in [3.8, 4) is 0 Å². The van der Waals surface area contributed by atoms with E-state index in [2.05, 4.69) is 29.4 Å². The van der Waals surface area contributed by atoms with Crippen molar-refractivity contribution in [1.82, 2.24) is 4.98 Å². The summed E-state index contributed by atoms with van der Waals surface area (Å²) >= 11 is 0. The average molecular weight is 268 g/mol. The maximum Gasteiger partial charge on any atom is 0.337 e. The van der Waals surface area contributed by atoms with Crippen LogP contribution in [0.1, 0.15) is 34.8 Å². The number of nitrogens with one attached hydrogen (secondary N) is 1. The lowest BCUT2D eigenvalue weighted by Gasteiger charge is -2.36. The van der Waals surface area contributed by atoms with Crippen LogP contribution in [0.4, 0.5) is 5.82 Å². The van der Waals surface area contributed by atoms with Gasteiger partial charge in [-0.05, 0) is 37.0 Å². The molecule has 0 fully saturated rings. The van der Waals surface area contributed by atoms with Crippen molar-refractivity contribution >= 4 is 11.8 Å². The molecule has 0 spiro atoms. The van der Waals surface area contributed by atoms with Gasteiger partial charge in [-0.3, -0.25) is 0 Å². The van der Waals surface area contributed by atoms with Gasteiger partial charge in [0.05, 0.1) is 11.1 Å². The van der Waals surface area contributed by atoms with Gasteiger partial charge >= 0.3 is 5.97 Å². The smallest absolute Gasteiger partial charge is 0.337 e. The maximum absolute atomic E-state index is 11.0. The van der Waals surface area contributed by atoms with E-state index >= 15 is 0 Å². The molecule has 0 amide bonds. The minimum atomic E-state index is -0.934. The normalized spacial score (nSPS) is 20.9. The van der Waals surface area contributed by atoms with Crippen LogP contribution < -0.4 is 5.32 Å². The van der Waals surface area contributed by atoms with Crippen molar-refractivity contribution in [2.75, 3.05) is 5.32 Å². The van der Waals surface area contributed by atoms with E-state index in [1.165, 1.54) is 11.8 Å². The van der Waals surface area contributed by atoms with Gasteiger partial charge < -0.3 is 10.4 Å². The maximum atomic E-state index is 11.0. The van der Waals surface area contributed by atoms with E-state index in [1.807, 2.05) is 18.2 Å². The number of anilines is 1. The lowest BCUT2D eigenvalue weighted by atomic mass is 9.83.